The number of hydrogen-bond donors (Lipinski definition) is 1. The normalized spacial score (nSPS) is 10.6. The van der Waals surface area contributed by atoms with Crippen molar-refractivity contribution in [3.8, 4) is 0 Å². The van der Waals surface area contributed by atoms with Crippen LogP contribution in [0.2, 0.25) is 0 Å². The van der Waals surface area contributed by atoms with Crippen LogP contribution in [0.1, 0.15) is 11.1 Å². The zero-order valence-electron chi connectivity index (χ0n) is 12.5. The highest BCUT2D eigenvalue weighted by Gasteiger charge is 2.00. The Morgan fingerprint density at radius 1 is 1.14 bits per heavy atom. The van der Waals surface area contributed by atoms with E-state index in [1.54, 1.807) is 12.3 Å². The van der Waals surface area contributed by atoms with E-state index in [9.17, 15) is 4.79 Å². The van der Waals surface area contributed by atoms with E-state index >= 15 is 0 Å². The maximum Gasteiger partial charge on any atom is 0.248 e. The molecule has 0 spiro atoms. The van der Waals surface area contributed by atoms with E-state index in [2.05, 4.69) is 10.3 Å². The number of nitrogens with one attached hydrogen (secondary N) is 1. The largest absolute Gasteiger partial charge is 0.363 e. The molecule has 1 N–H and O–H groups in total. The smallest absolute Gasteiger partial charge is 0.248 e. The standard InChI is InChI=1S/C17H19N3O/c1-13-4-6-14(7-5-13)8-11-17(21)19-15-9-10-16(18-12-15)20(2)3/h4-12H,1-3H3,(H,19,21)/b11-8+. The quantitative estimate of drug-likeness (QED) is 0.876. The lowest BCUT2D eigenvalue weighted by Crippen LogP contribution is -2.12. The summed E-state index contributed by atoms with van der Waals surface area (Å²) >= 11 is 0. The molecule has 0 radical (unpaired) electrons. The van der Waals surface area contributed by atoms with Gasteiger partial charge in [-0.15, -0.1) is 0 Å². The lowest BCUT2D eigenvalue weighted by molar-refractivity contribution is -0.111. The number of nitrogens with zero attached hydrogens (tertiary/aromatic N) is 2. The lowest BCUT2D eigenvalue weighted by atomic mass is 10.1. The Labute approximate surface area is 125 Å². The molecule has 0 atom stereocenters. The van der Waals surface area contributed by atoms with Gasteiger partial charge in [0.1, 0.15) is 5.82 Å². The zero-order valence-corrected chi connectivity index (χ0v) is 12.5. The molecule has 1 aromatic heterocycles. The minimum atomic E-state index is -0.171. The molecular weight excluding hydrogens is 262 g/mol. The molecule has 1 heterocycles. The molecule has 21 heavy (non-hydrogen) atoms. The van der Waals surface area contributed by atoms with E-state index < -0.39 is 0 Å². The average molecular weight is 281 g/mol. The highest BCUT2D eigenvalue weighted by molar-refractivity contribution is 6.01. The number of benzene rings is 1. The van der Waals surface area contributed by atoms with Gasteiger partial charge in [0.05, 0.1) is 11.9 Å². The Kier molecular flexibility index (Phi) is 4.72. The number of aryl methyl sites for hydroxylation is 1. The van der Waals surface area contributed by atoms with Crippen molar-refractivity contribution >= 4 is 23.5 Å². The number of amides is 1. The number of carbonyl (C=O) groups excluding carboxylic acids is 1. The molecule has 0 saturated carbocycles. The predicted molar refractivity (Wildman–Crippen MR) is 87.4 cm³/mol. The molecule has 0 aliphatic heterocycles. The highest BCUT2D eigenvalue weighted by Crippen LogP contribution is 2.12. The van der Waals surface area contributed by atoms with Crippen LogP contribution in [-0.2, 0) is 4.79 Å². The first kappa shape index (κ1) is 14.8. The van der Waals surface area contributed by atoms with Crippen molar-refractivity contribution in [3.63, 3.8) is 0 Å². The van der Waals surface area contributed by atoms with Gasteiger partial charge in [-0.3, -0.25) is 4.79 Å². The number of carbonyl (C=O) groups is 1. The molecule has 0 bridgehead atoms. The minimum absolute atomic E-state index is 0.171. The van der Waals surface area contributed by atoms with Crippen LogP contribution in [0.15, 0.2) is 48.7 Å². The second kappa shape index (κ2) is 6.70. The summed E-state index contributed by atoms with van der Waals surface area (Å²) in [4.78, 5) is 18.0. The Hall–Kier alpha value is -2.62. The summed E-state index contributed by atoms with van der Waals surface area (Å²) in [5, 5.41) is 2.78. The summed E-state index contributed by atoms with van der Waals surface area (Å²) in [6.07, 6.45) is 4.95. The van der Waals surface area contributed by atoms with Gasteiger partial charge >= 0.3 is 0 Å². The van der Waals surface area contributed by atoms with E-state index in [1.807, 2.05) is 62.3 Å². The fourth-order valence-electron chi connectivity index (χ4n) is 1.76. The summed E-state index contributed by atoms with van der Waals surface area (Å²) in [6.45, 7) is 2.03. The molecule has 0 aliphatic rings. The van der Waals surface area contributed by atoms with Gasteiger partial charge in [0.25, 0.3) is 0 Å². The second-order valence-electron chi connectivity index (χ2n) is 5.03. The van der Waals surface area contributed by atoms with Gasteiger partial charge in [0.2, 0.25) is 5.91 Å². The summed E-state index contributed by atoms with van der Waals surface area (Å²) in [7, 11) is 3.84. The number of rotatable bonds is 4. The third-order valence-corrected chi connectivity index (χ3v) is 2.98. The van der Waals surface area contributed by atoms with Crippen LogP contribution >= 0.6 is 0 Å². The average Bonchev–Trinajstić information content (AvgIpc) is 2.47. The van der Waals surface area contributed by atoms with Crippen molar-refractivity contribution in [3.05, 3.63) is 59.8 Å². The lowest BCUT2D eigenvalue weighted by Gasteiger charge is -2.11. The van der Waals surface area contributed by atoms with E-state index in [0.717, 1.165) is 11.4 Å². The molecular formula is C17H19N3O. The van der Waals surface area contributed by atoms with Crippen molar-refractivity contribution in [2.24, 2.45) is 0 Å². The van der Waals surface area contributed by atoms with E-state index in [1.165, 1.54) is 11.6 Å². The van der Waals surface area contributed by atoms with E-state index in [0.29, 0.717) is 5.69 Å². The highest BCUT2D eigenvalue weighted by atomic mass is 16.1. The van der Waals surface area contributed by atoms with Crippen molar-refractivity contribution < 1.29 is 4.79 Å². The zero-order chi connectivity index (χ0) is 15.2. The van der Waals surface area contributed by atoms with Crippen LogP contribution in [0.5, 0.6) is 0 Å². The second-order valence-corrected chi connectivity index (χ2v) is 5.03. The summed E-state index contributed by atoms with van der Waals surface area (Å²) in [5.41, 5.74) is 2.87. The molecule has 4 heteroatoms. The predicted octanol–water partition coefficient (Wildman–Crippen LogP) is 3.11. The van der Waals surface area contributed by atoms with Gasteiger partial charge in [0, 0.05) is 20.2 Å². The first-order chi connectivity index (χ1) is 10.0. The van der Waals surface area contributed by atoms with Crippen LogP contribution in [0.4, 0.5) is 11.5 Å². The Morgan fingerprint density at radius 3 is 2.43 bits per heavy atom. The van der Waals surface area contributed by atoms with Gasteiger partial charge in [-0.25, -0.2) is 4.98 Å². The van der Waals surface area contributed by atoms with Crippen molar-refractivity contribution in [2.45, 2.75) is 6.92 Å². The monoisotopic (exact) mass is 281 g/mol. The maximum absolute atomic E-state index is 11.8. The van der Waals surface area contributed by atoms with Gasteiger partial charge in [-0.05, 0) is 30.7 Å². The SMILES string of the molecule is Cc1ccc(/C=C/C(=O)Nc2ccc(N(C)C)nc2)cc1. The topological polar surface area (TPSA) is 45.2 Å². The molecule has 1 aromatic carbocycles. The Balaban J connectivity index is 1.96. The Morgan fingerprint density at radius 2 is 1.86 bits per heavy atom. The van der Waals surface area contributed by atoms with Crippen LogP contribution in [0, 0.1) is 6.92 Å². The van der Waals surface area contributed by atoms with Gasteiger partial charge < -0.3 is 10.2 Å². The van der Waals surface area contributed by atoms with Gasteiger partial charge in [0.15, 0.2) is 0 Å². The molecule has 0 saturated heterocycles. The number of hydrogen-bond acceptors (Lipinski definition) is 3. The summed E-state index contributed by atoms with van der Waals surface area (Å²) in [6, 6.07) is 11.7. The van der Waals surface area contributed by atoms with E-state index in [-0.39, 0.29) is 5.91 Å². The number of aromatic nitrogens is 1. The third kappa shape index (κ3) is 4.45. The van der Waals surface area contributed by atoms with Crippen LogP contribution in [-0.4, -0.2) is 25.0 Å². The van der Waals surface area contributed by atoms with Crippen molar-refractivity contribution in [1.82, 2.24) is 4.98 Å². The fourth-order valence-corrected chi connectivity index (χ4v) is 1.76. The first-order valence-corrected chi connectivity index (χ1v) is 6.74. The van der Waals surface area contributed by atoms with Crippen LogP contribution < -0.4 is 10.2 Å². The number of pyridine rings is 1. The van der Waals surface area contributed by atoms with Crippen molar-refractivity contribution in [1.29, 1.82) is 0 Å². The molecule has 2 rings (SSSR count). The van der Waals surface area contributed by atoms with Gasteiger partial charge in [-0.2, -0.15) is 0 Å². The molecule has 2 aromatic rings. The van der Waals surface area contributed by atoms with Crippen LogP contribution in [0.25, 0.3) is 6.08 Å². The molecule has 0 fully saturated rings. The third-order valence-electron chi connectivity index (χ3n) is 2.98. The fraction of sp³-hybridized carbons (Fsp3) is 0.176. The molecule has 4 nitrogen and oxygen atoms in total. The van der Waals surface area contributed by atoms with E-state index in [4.69, 9.17) is 0 Å². The minimum Gasteiger partial charge on any atom is -0.363 e. The number of anilines is 2. The first-order valence-electron chi connectivity index (χ1n) is 6.74. The maximum atomic E-state index is 11.8. The molecule has 1 amide bonds. The molecule has 0 aliphatic carbocycles. The van der Waals surface area contributed by atoms with Gasteiger partial charge in [-0.1, -0.05) is 29.8 Å². The molecule has 0 unspecified atom stereocenters. The Bertz CT molecular complexity index is 628. The van der Waals surface area contributed by atoms with Crippen LogP contribution in [0.3, 0.4) is 0 Å². The van der Waals surface area contributed by atoms with Crippen molar-refractivity contribution in [2.75, 3.05) is 24.3 Å². The summed E-state index contributed by atoms with van der Waals surface area (Å²) in [5.74, 6) is 0.679. The summed E-state index contributed by atoms with van der Waals surface area (Å²) < 4.78 is 0. The molecule has 108 valence electrons.